The van der Waals surface area contributed by atoms with Gasteiger partial charge in [-0.05, 0) is 44.4 Å². The standard InChI is InChI=1S/C16H25ClN2/c1-5-16(6-2)11-19(13(4)10-18-16)15-8-7-12(3)9-14(15)17/h7-9,13,18H,5-6,10-11H2,1-4H3. The molecule has 0 aliphatic carbocycles. The van der Waals surface area contributed by atoms with Gasteiger partial charge in [0.25, 0.3) is 0 Å². The summed E-state index contributed by atoms with van der Waals surface area (Å²) in [7, 11) is 0. The van der Waals surface area contributed by atoms with Gasteiger partial charge in [-0.2, -0.15) is 0 Å². The van der Waals surface area contributed by atoms with E-state index in [1.807, 2.05) is 0 Å². The highest BCUT2D eigenvalue weighted by atomic mass is 35.5. The second-order valence-corrected chi connectivity index (χ2v) is 6.21. The fraction of sp³-hybridized carbons (Fsp3) is 0.625. The Labute approximate surface area is 122 Å². The van der Waals surface area contributed by atoms with Gasteiger partial charge in [-0.3, -0.25) is 0 Å². The summed E-state index contributed by atoms with van der Waals surface area (Å²) in [6.07, 6.45) is 2.30. The zero-order valence-electron chi connectivity index (χ0n) is 12.5. The molecule has 0 amide bonds. The van der Waals surface area contributed by atoms with Crippen molar-refractivity contribution in [3.8, 4) is 0 Å². The number of nitrogens with zero attached hydrogens (tertiary/aromatic N) is 1. The minimum Gasteiger partial charge on any atom is -0.364 e. The van der Waals surface area contributed by atoms with Crippen LogP contribution in [0.15, 0.2) is 18.2 Å². The SMILES string of the molecule is CCC1(CC)CN(c2ccc(C)cc2Cl)C(C)CN1. The maximum atomic E-state index is 6.45. The fourth-order valence-electron chi connectivity index (χ4n) is 2.90. The third kappa shape index (κ3) is 2.90. The maximum absolute atomic E-state index is 6.45. The molecule has 1 N–H and O–H groups in total. The van der Waals surface area contributed by atoms with E-state index >= 15 is 0 Å². The molecule has 0 bridgehead atoms. The highest BCUT2D eigenvalue weighted by molar-refractivity contribution is 6.33. The lowest BCUT2D eigenvalue weighted by Crippen LogP contribution is -2.63. The molecule has 1 unspecified atom stereocenters. The molecule has 3 heteroatoms. The second-order valence-electron chi connectivity index (χ2n) is 5.80. The van der Waals surface area contributed by atoms with Crippen LogP contribution in [0, 0.1) is 6.92 Å². The van der Waals surface area contributed by atoms with Crippen molar-refractivity contribution in [1.29, 1.82) is 0 Å². The predicted molar refractivity (Wildman–Crippen MR) is 84.3 cm³/mol. The van der Waals surface area contributed by atoms with Crippen molar-refractivity contribution in [2.45, 2.75) is 52.1 Å². The molecule has 0 aromatic heterocycles. The minimum absolute atomic E-state index is 0.223. The van der Waals surface area contributed by atoms with E-state index in [9.17, 15) is 0 Å². The molecule has 106 valence electrons. The van der Waals surface area contributed by atoms with Crippen LogP contribution in [-0.2, 0) is 0 Å². The van der Waals surface area contributed by atoms with Gasteiger partial charge in [-0.25, -0.2) is 0 Å². The van der Waals surface area contributed by atoms with Gasteiger partial charge in [0.15, 0.2) is 0 Å². The van der Waals surface area contributed by atoms with Crippen LogP contribution in [0.4, 0.5) is 5.69 Å². The molecular weight excluding hydrogens is 256 g/mol. The Hall–Kier alpha value is -0.730. The molecule has 1 saturated heterocycles. The van der Waals surface area contributed by atoms with E-state index in [0.717, 1.165) is 31.0 Å². The van der Waals surface area contributed by atoms with Crippen molar-refractivity contribution < 1.29 is 0 Å². The first kappa shape index (κ1) is 14.7. The summed E-state index contributed by atoms with van der Waals surface area (Å²) in [5.41, 5.74) is 2.61. The molecule has 1 aromatic rings. The molecule has 1 aliphatic rings. The van der Waals surface area contributed by atoms with Crippen LogP contribution in [0.3, 0.4) is 0 Å². The molecular formula is C16H25ClN2. The summed E-state index contributed by atoms with van der Waals surface area (Å²) in [5, 5.41) is 4.60. The van der Waals surface area contributed by atoms with Crippen molar-refractivity contribution >= 4 is 17.3 Å². The average Bonchev–Trinajstić information content (AvgIpc) is 2.41. The van der Waals surface area contributed by atoms with Gasteiger partial charge in [0.1, 0.15) is 0 Å². The number of nitrogens with one attached hydrogen (secondary N) is 1. The molecule has 1 aliphatic heterocycles. The Bertz CT molecular complexity index is 440. The van der Waals surface area contributed by atoms with E-state index in [-0.39, 0.29) is 5.54 Å². The molecule has 0 radical (unpaired) electrons. The number of piperazine rings is 1. The Balaban J connectivity index is 2.31. The molecule has 1 aromatic carbocycles. The van der Waals surface area contributed by atoms with Crippen molar-refractivity contribution in [2.75, 3.05) is 18.0 Å². The van der Waals surface area contributed by atoms with E-state index in [0.29, 0.717) is 6.04 Å². The van der Waals surface area contributed by atoms with Crippen LogP contribution in [-0.4, -0.2) is 24.7 Å². The van der Waals surface area contributed by atoms with Gasteiger partial charge in [0.05, 0.1) is 10.7 Å². The first-order valence-electron chi connectivity index (χ1n) is 7.29. The number of anilines is 1. The van der Waals surface area contributed by atoms with Crippen LogP contribution in [0.25, 0.3) is 0 Å². The molecule has 1 atom stereocenters. The van der Waals surface area contributed by atoms with Crippen LogP contribution in [0.1, 0.15) is 39.2 Å². The van der Waals surface area contributed by atoms with E-state index in [2.05, 4.69) is 56.1 Å². The summed E-state index contributed by atoms with van der Waals surface area (Å²) in [6, 6.07) is 6.85. The van der Waals surface area contributed by atoms with E-state index in [1.165, 1.54) is 11.3 Å². The first-order chi connectivity index (χ1) is 9.01. The van der Waals surface area contributed by atoms with Gasteiger partial charge in [-0.15, -0.1) is 0 Å². The lowest BCUT2D eigenvalue weighted by molar-refractivity contribution is 0.254. The van der Waals surface area contributed by atoms with Gasteiger partial charge in [0, 0.05) is 24.7 Å². The molecule has 0 spiro atoms. The average molecular weight is 281 g/mol. The smallest absolute Gasteiger partial charge is 0.0642 e. The third-order valence-electron chi connectivity index (χ3n) is 4.54. The Morgan fingerprint density at radius 2 is 2.05 bits per heavy atom. The van der Waals surface area contributed by atoms with Crippen LogP contribution in [0.5, 0.6) is 0 Å². The van der Waals surface area contributed by atoms with Gasteiger partial charge >= 0.3 is 0 Å². The van der Waals surface area contributed by atoms with Crippen molar-refractivity contribution in [1.82, 2.24) is 5.32 Å². The zero-order valence-corrected chi connectivity index (χ0v) is 13.2. The van der Waals surface area contributed by atoms with Crippen LogP contribution < -0.4 is 10.2 Å². The van der Waals surface area contributed by atoms with E-state index < -0.39 is 0 Å². The quantitative estimate of drug-likeness (QED) is 0.900. The highest BCUT2D eigenvalue weighted by Gasteiger charge is 2.35. The summed E-state index contributed by atoms with van der Waals surface area (Å²) in [5.74, 6) is 0. The topological polar surface area (TPSA) is 15.3 Å². The first-order valence-corrected chi connectivity index (χ1v) is 7.67. The van der Waals surface area contributed by atoms with Crippen molar-refractivity contribution in [2.24, 2.45) is 0 Å². The third-order valence-corrected chi connectivity index (χ3v) is 4.85. The maximum Gasteiger partial charge on any atom is 0.0642 e. The van der Waals surface area contributed by atoms with Gasteiger partial charge < -0.3 is 10.2 Å². The van der Waals surface area contributed by atoms with Gasteiger partial charge in [0.2, 0.25) is 0 Å². The Kier molecular flexibility index (Phi) is 4.42. The predicted octanol–water partition coefficient (Wildman–Crippen LogP) is 4.01. The van der Waals surface area contributed by atoms with Crippen LogP contribution in [0.2, 0.25) is 5.02 Å². The van der Waals surface area contributed by atoms with E-state index in [4.69, 9.17) is 11.6 Å². The fourth-order valence-corrected chi connectivity index (χ4v) is 3.25. The summed E-state index contributed by atoms with van der Waals surface area (Å²) >= 11 is 6.45. The minimum atomic E-state index is 0.223. The largest absolute Gasteiger partial charge is 0.364 e. The second kappa shape index (κ2) is 5.72. The molecule has 2 nitrogen and oxygen atoms in total. The number of aryl methyl sites for hydroxylation is 1. The molecule has 19 heavy (non-hydrogen) atoms. The van der Waals surface area contributed by atoms with Gasteiger partial charge in [-0.1, -0.05) is 31.5 Å². The summed E-state index contributed by atoms with van der Waals surface area (Å²) < 4.78 is 0. The normalized spacial score (nSPS) is 22.6. The summed E-state index contributed by atoms with van der Waals surface area (Å²) in [6.45, 7) is 10.9. The molecule has 1 fully saturated rings. The van der Waals surface area contributed by atoms with Crippen molar-refractivity contribution in [3.63, 3.8) is 0 Å². The lowest BCUT2D eigenvalue weighted by Gasteiger charge is -2.48. The number of rotatable bonds is 3. The molecule has 1 heterocycles. The number of benzene rings is 1. The molecule has 2 rings (SSSR count). The Morgan fingerprint density at radius 3 is 2.63 bits per heavy atom. The van der Waals surface area contributed by atoms with Crippen LogP contribution >= 0.6 is 11.6 Å². The number of halogens is 1. The lowest BCUT2D eigenvalue weighted by atomic mass is 9.88. The molecule has 0 saturated carbocycles. The highest BCUT2D eigenvalue weighted by Crippen LogP contribution is 2.32. The summed E-state index contributed by atoms with van der Waals surface area (Å²) in [4.78, 5) is 2.46. The van der Waals surface area contributed by atoms with E-state index in [1.54, 1.807) is 0 Å². The number of hydrogen-bond acceptors (Lipinski definition) is 2. The number of hydrogen-bond donors (Lipinski definition) is 1. The zero-order chi connectivity index (χ0) is 14.0. The Morgan fingerprint density at radius 1 is 1.37 bits per heavy atom. The monoisotopic (exact) mass is 280 g/mol. The van der Waals surface area contributed by atoms with Crippen molar-refractivity contribution in [3.05, 3.63) is 28.8 Å².